The maximum atomic E-state index is 14.6. The van der Waals surface area contributed by atoms with E-state index in [9.17, 15) is 27.6 Å². The van der Waals surface area contributed by atoms with Crippen LogP contribution in [0, 0.1) is 5.92 Å². The van der Waals surface area contributed by atoms with E-state index >= 15 is 0 Å². The first kappa shape index (κ1) is 35.8. The van der Waals surface area contributed by atoms with Gasteiger partial charge in [0.15, 0.2) is 5.13 Å². The standard InChI is InChI=1S/C38H43N5O7S2/c1-24(44)50-28-21-31-34(45)41-38(36(47)42-52(48,49)29-19-20-29)22-27(38)17-11-3-2-4-12-18-30(35(46)43(31)23-28)39-37-40-32(25-13-7-5-8-14-25)33(51-37)26-15-9-6-10-16-26/h5-11,13-17,27-31H,2-4,12,18-23H2,1H3,(H,39,40)(H,41,45)(H,42,47)/b17-11-/t27-,28-,30+,31+,38-/m1/s1. The molecule has 0 bridgehead atoms. The molecule has 2 aliphatic carbocycles. The second kappa shape index (κ2) is 14.8. The van der Waals surface area contributed by atoms with E-state index in [2.05, 4.69) is 15.4 Å². The van der Waals surface area contributed by atoms with Gasteiger partial charge in [-0.3, -0.25) is 23.9 Å². The molecule has 14 heteroatoms. The number of allylic oxidation sites excluding steroid dienone is 1. The van der Waals surface area contributed by atoms with E-state index in [0.29, 0.717) is 24.4 Å². The van der Waals surface area contributed by atoms with Gasteiger partial charge in [0, 0.05) is 24.8 Å². The molecule has 3 heterocycles. The molecule has 2 aliphatic heterocycles. The summed E-state index contributed by atoms with van der Waals surface area (Å²) in [6.45, 7) is 1.27. The highest BCUT2D eigenvalue weighted by Crippen LogP contribution is 2.46. The molecular weight excluding hydrogens is 703 g/mol. The van der Waals surface area contributed by atoms with Crippen molar-refractivity contribution in [1.29, 1.82) is 0 Å². The highest BCUT2D eigenvalue weighted by atomic mass is 32.2. The summed E-state index contributed by atoms with van der Waals surface area (Å²) in [4.78, 5) is 61.8. The van der Waals surface area contributed by atoms with Crippen molar-refractivity contribution in [3.05, 3.63) is 72.8 Å². The summed E-state index contributed by atoms with van der Waals surface area (Å²) in [5.74, 6) is -2.65. The quantitative estimate of drug-likeness (QED) is 0.217. The number of anilines is 1. The van der Waals surface area contributed by atoms with E-state index in [1.807, 2.05) is 72.8 Å². The Kier molecular flexibility index (Phi) is 10.2. The van der Waals surface area contributed by atoms with E-state index in [1.54, 1.807) is 0 Å². The fraction of sp³-hybridized carbons (Fsp3) is 0.447. The minimum absolute atomic E-state index is 0.00430. The first-order valence-electron chi connectivity index (χ1n) is 17.9. The van der Waals surface area contributed by atoms with Crippen LogP contribution in [-0.2, 0) is 33.9 Å². The summed E-state index contributed by atoms with van der Waals surface area (Å²) < 4.78 is 33.2. The molecule has 3 N–H and O–H groups in total. The van der Waals surface area contributed by atoms with Crippen LogP contribution in [0.15, 0.2) is 72.8 Å². The molecule has 3 amide bonds. The van der Waals surface area contributed by atoms with Gasteiger partial charge in [-0.25, -0.2) is 13.4 Å². The Bertz CT molecular complexity index is 1910. The number of sulfonamides is 1. The van der Waals surface area contributed by atoms with Gasteiger partial charge in [0.2, 0.25) is 21.8 Å². The van der Waals surface area contributed by atoms with Gasteiger partial charge in [-0.1, -0.05) is 97.0 Å². The number of fused-ring (bicyclic) bond motifs is 2. The minimum atomic E-state index is -3.86. The van der Waals surface area contributed by atoms with E-state index < -0.39 is 62.7 Å². The van der Waals surface area contributed by atoms with Gasteiger partial charge in [-0.2, -0.15) is 0 Å². The van der Waals surface area contributed by atoms with Crippen LogP contribution >= 0.6 is 11.3 Å². The molecule has 274 valence electrons. The van der Waals surface area contributed by atoms with Crippen molar-refractivity contribution in [2.45, 2.75) is 93.7 Å². The van der Waals surface area contributed by atoms with E-state index in [4.69, 9.17) is 9.72 Å². The maximum Gasteiger partial charge on any atom is 0.302 e. The van der Waals surface area contributed by atoms with Crippen LogP contribution in [0.4, 0.5) is 5.13 Å². The number of aromatic nitrogens is 1. The third-order valence-corrected chi connectivity index (χ3v) is 13.0. The van der Waals surface area contributed by atoms with Crippen molar-refractivity contribution >= 4 is 50.2 Å². The summed E-state index contributed by atoms with van der Waals surface area (Å²) >= 11 is 1.45. The largest absolute Gasteiger partial charge is 0.461 e. The number of hydrogen-bond acceptors (Lipinski definition) is 10. The highest BCUT2D eigenvalue weighted by molar-refractivity contribution is 7.91. The van der Waals surface area contributed by atoms with Gasteiger partial charge in [0.1, 0.15) is 23.7 Å². The van der Waals surface area contributed by atoms with Crippen LogP contribution in [0.1, 0.15) is 64.7 Å². The van der Waals surface area contributed by atoms with Crippen LogP contribution < -0.4 is 15.4 Å². The number of amides is 3. The Hall–Kier alpha value is -4.56. The van der Waals surface area contributed by atoms with Crippen molar-refractivity contribution in [1.82, 2.24) is 19.9 Å². The number of carbonyl (C=O) groups is 4. The van der Waals surface area contributed by atoms with Crippen LogP contribution in [-0.4, -0.2) is 77.5 Å². The zero-order valence-corrected chi connectivity index (χ0v) is 30.6. The number of nitrogens with one attached hydrogen (secondary N) is 3. The molecule has 2 aromatic carbocycles. The molecule has 12 nitrogen and oxygen atoms in total. The monoisotopic (exact) mass is 745 g/mol. The zero-order valence-electron chi connectivity index (χ0n) is 29.0. The lowest BCUT2D eigenvalue weighted by Gasteiger charge is -2.29. The highest BCUT2D eigenvalue weighted by Gasteiger charge is 2.62. The molecule has 4 aliphatic rings. The van der Waals surface area contributed by atoms with Crippen molar-refractivity contribution in [3.8, 4) is 21.7 Å². The second-order valence-corrected chi connectivity index (χ2v) is 17.1. The molecule has 1 aromatic heterocycles. The summed E-state index contributed by atoms with van der Waals surface area (Å²) in [7, 11) is -3.86. The summed E-state index contributed by atoms with van der Waals surface area (Å²) in [6, 6.07) is 18.0. The average molecular weight is 746 g/mol. The Morgan fingerprint density at radius 1 is 0.981 bits per heavy atom. The summed E-state index contributed by atoms with van der Waals surface area (Å²) in [5, 5.41) is 6.23. The summed E-state index contributed by atoms with van der Waals surface area (Å²) in [6.07, 6.45) is 7.99. The van der Waals surface area contributed by atoms with Gasteiger partial charge in [-0.05, 0) is 44.1 Å². The Balaban J connectivity index is 1.19. The molecular formula is C38H43N5O7S2. The molecule has 5 atom stereocenters. The molecule has 52 heavy (non-hydrogen) atoms. The number of ether oxygens (including phenoxy) is 1. The van der Waals surface area contributed by atoms with Crippen molar-refractivity contribution in [2.24, 2.45) is 5.92 Å². The molecule has 0 unspecified atom stereocenters. The normalized spacial score (nSPS) is 27.2. The van der Waals surface area contributed by atoms with E-state index in [1.165, 1.54) is 23.2 Å². The molecule has 2 saturated carbocycles. The second-order valence-electron chi connectivity index (χ2n) is 14.1. The first-order valence-corrected chi connectivity index (χ1v) is 20.3. The topological polar surface area (TPSA) is 164 Å². The number of thiazole rings is 1. The lowest BCUT2D eigenvalue weighted by atomic mass is 10.0. The SMILES string of the molecule is CC(=O)O[C@@H]1C[C@H]2C(=O)N[C@]3(C(=O)NS(=O)(=O)C4CC4)C[C@H]3/C=C\CCCCC[C@H](Nc3nc(-c4ccccc4)c(-c4ccccc4)s3)C(=O)N2C1. The lowest BCUT2D eigenvalue weighted by molar-refractivity contribution is -0.146. The minimum Gasteiger partial charge on any atom is -0.461 e. The van der Waals surface area contributed by atoms with Crippen molar-refractivity contribution in [3.63, 3.8) is 0 Å². The summed E-state index contributed by atoms with van der Waals surface area (Å²) in [5.41, 5.74) is 1.25. The smallest absolute Gasteiger partial charge is 0.302 e. The Morgan fingerprint density at radius 3 is 2.38 bits per heavy atom. The number of benzene rings is 2. The van der Waals surface area contributed by atoms with Gasteiger partial charge in [0.25, 0.3) is 5.91 Å². The molecule has 0 radical (unpaired) electrons. The fourth-order valence-corrected chi connectivity index (χ4v) is 9.60. The van der Waals surface area contributed by atoms with Crippen LogP contribution in [0.3, 0.4) is 0 Å². The first-order chi connectivity index (χ1) is 25.0. The average Bonchev–Trinajstić information content (AvgIpc) is 4.02. The molecule has 0 spiro atoms. The zero-order chi connectivity index (χ0) is 36.5. The fourth-order valence-electron chi connectivity index (χ4n) is 7.19. The number of hydrogen-bond donors (Lipinski definition) is 3. The van der Waals surface area contributed by atoms with Crippen molar-refractivity contribution in [2.75, 3.05) is 11.9 Å². The van der Waals surface area contributed by atoms with E-state index in [0.717, 1.165) is 47.4 Å². The third kappa shape index (κ3) is 7.77. The Morgan fingerprint density at radius 2 is 1.69 bits per heavy atom. The Labute approximate surface area is 307 Å². The maximum absolute atomic E-state index is 14.6. The van der Waals surface area contributed by atoms with Crippen LogP contribution in [0.2, 0.25) is 0 Å². The number of nitrogens with zero attached hydrogens (tertiary/aromatic N) is 2. The number of carbonyl (C=O) groups excluding carboxylic acids is 4. The van der Waals surface area contributed by atoms with Crippen LogP contribution in [0.25, 0.3) is 21.7 Å². The predicted octanol–water partition coefficient (Wildman–Crippen LogP) is 4.79. The number of esters is 1. The molecule has 7 rings (SSSR count). The van der Waals surface area contributed by atoms with Gasteiger partial charge >= 0.3 is 5.97 Å². The van der Waals surface area contributed by atoms with Gasteiger partial charge in [-0.15, -0.1) is 0 Å². The molecule has 1 saturated heterocycles. The predicted molar refractivity (Wildman–Crippen MR) is 197 cm³/mol. The lowest BCUT2D eigenvalue weighted by Crippen LogP contribution is -2.57. The third-order valence-electron chi connectivity index (χ3n) is 10.2. The van der Waals surface area contributed by atoms with Crippen LogP contribution in [0.5, 0.6) is 0 Å². The van der Waals surface area contributed by atoms with E-state index in [-0.39, 0.29) is 25.3 Å². The number of rotatable bonds is 8. The van der Waals surface area contributed by atoms with Gasteiger partial charge in [0.05, 0.1) is 22.4 Å². The van der Waals surface area contributed by atoms with Crippen molar-refractivity contribution < 1.29 is 32.3 Å². The molecule has 3 aromatic rings. The van der Waals surface area contributed by atoms with Gasteiger partial charge < -0.3 is 20.3 Å². The molecule has 3 fully saturated rings.